The van der Waals surface area contributed by atoms with Crippen molar-refractivity contribution in [1.82, 2.24) is 10.3 Å². The quantitative estimate of drug-likeness (QED) is 0.815. The molecule has 1 unspecified atom stereocenters. The summed E-state index contributed by atoms with van der Waals surface area (Å²) in [6.45, 7) is 2.08. The van der Waals surface area contributed by atoms with Crippen molar-refractivity contribution in [1.29, 1.82) is 0 Å². The van der Waals surface area contributed by atoms with E-state index in [9.17, 15) is 0 Å². The van der Waals surface area contributed by atoms with Crippen molar-refractivity contribution in [2.75, 3.05) is 20.3 Å². The van der Waals surface area contributed by atoms with Crippen molar-refractivity contribution in [2.24, 2.45) is 0 Å². The van der Waals surface area contributed by atoms with E-state index < -0.39 is 0 Å². The van der Waals surface area contributed by atoms with Gasteiger partial charge < -0.3 is 10.1 Å². The zero-order chi connectivity index (χ0) is 12.8. The zero-order valence-corrected chi connectivity index (χ0v) is 11.2. The summed E-state index contributed by atoms with van der Waals surface area (Å²) < 4.78 is 4.99. The first kappa shape index (κ1) is 13.3. The molecule has 1 aromatic carbocycles. The molecule has 0 saturated carbocycles. The van der Waals surface area contributed by atoms with E-state index in [4.69, 9.17) is 16.3 Å². The largest absolute Gasteiger partial charge is 0.383 e. The Bertz CT molecular complexity index is 499. The first-order chi connectivity index (χ1) is 8.81. The topological polar surface area (TPSA) is 34.1 Å². The van der Waals surface area contributed by atoms with Crippen molar-refractivity contribution < 1.29 is 4.74 Å². The lowest BCUT2D eigenvalue weighted by atomic mass is 10.1. The van der Waals surface area contributed by atoms with Gasteiger partial charge in [0.05, 0.1) is 17.5 Å². The Kier molecular flexibility index (Phi) is 4.93. The number of hydrogen-bond donors (Lipinski definition) is 1. The monoisotopic (exact) mass is 264 g/mol. The highest BCUT2D eigenvalue weighted by atomic mass is 35.5. The number of nitrogens with one attached hydrogen (secondary N) is 1. The van der Waals surface area contributed by atoms with Gasteiger partial charge in [0.15, 0.2) is 0 Å². The van der Waals surface area contributed by atoms with Gasteiger partial charge in [-0.15, -0.1) is 11.6 Å². The highest BCUT2D eigenvalue weighted by molar-refractivity contribution is 6.20. The second-order valence-electron chi connectivity index (χ2n) is 4.17. The second-order valence-corrected chi connectivity index (χ2v) is 4.79. The molecule has 0 fully saturated rings. The molecule has 0 bridgehead atoms. The summed E-state index contributed by atoms with van der Waals surface area (Å²) in [7, 11) is 1.66. The fourth-order valence-corrected chi connectivity index (χ4v) is 2.15. The molecule has 18 heavy (non-hydrogen) atoms. The minimum Gasteiger partial charge on any atom is -0.383 e. The molecule has 2 aromatic rings. The molecule has 0 aliphatic rings. The lowest BCUT2D eigenvalue weighted by Crippen LogP contribution is -2.25. The molecule has 3 nitrogen and oxygen atoms in total. The van der Waals surface area contributed by atoms with E-state index in [1.807, 2.05) is 30.5 Å². The smallest absolute Gasteiger partial charge is 0.0705 e. The molecule has 1 aromatic heterocycles. The minimum absolute atomic E-state index is 0.00287. The number of fused-ring (bicyclic) bond motifs is 1. The van der Waals surface area contributed by atoms with Crippen LogP contribution in [-0.2, 0) is 11.3 Å². The molecule has 96 valence electrons. The Labute approximate surface area is 112 Å². The summed E-state index contributed by atoms with van der Waals surface area (Å²) in [4.78, 5) is 4.34. The van der Waals surface area contributed by atoms with Crippen LogP contribution in [0.4, 0.5) is 0 Å². The highest BCUT2D eigenvalue weighted by Crippen LogP contribution is 2.15. The van der Waals surface area contributed by atoms with E-state index in [0.29, 0.717) is 6.61 Å². The number of hydrogen-bond acceptors (Lipinski definition) is 3. The number of rotatable bonds is 6. The number of para-hydroxylation sites is 1. The average Bonchev–Trinajstić information content (AvgIpc) is 2.39. The van der Waals surface area contributed by atoms with E-state index in [1.165, 1.54) is 10.9 Å². The maximum Gasteiger partial charge on any atom is 0.0705 e. The molecule has 1 atom stereocenters. The Hall–Kier alpha value is -1.16. The standard InChI is InChI=1S/C14H17ClN2O/c1-18-10-12(15)9-16-8-11-6-7-17-14-5-3-2-4-13(11)14/h2-7,12,16H,8-10H2,1H3. The van der Waals surface area contributed by atoms with Crippen LogP contribution in [0.25, 0.3) is 10.9 Å². The predicted octanol–water partition coefficient (Wildman–Crippen LogP) is 2.58. The SMILES string of the molecule is COCC(Cl)CNCc1ccnc2ccccc12. The van der Waals surface area contributed by atoms with Crippen LogP contribution in [0.15, 0.2) is 36.5 Å². The molecule has 1 heterocycles. The number of halogens is 1. The summed E-state index contributed by atoms with van der Waals surface area (Å²) in [6, 6.07) is 10.2. The second kappa shape index (κ2) is 6.69. The molecule has 0 spiro atoms. The third-order valence-electron chi connectivity index (χ3n) is 2.77. The van der Waals surface area contributed by atoms with Crippen LogP contribution < -0.4 is 5.32 Å². The van der Waals surface area contributed by atoms with E-state index in [2.05, 4.69) is 16.4 Å². The molecule has 1 N–H and O–H groups in total. The number of aromatic nitrogens is 1. The van der Waals surface area contributed by atoms with Crippen LogP contribution in [0.5, 0.6) is 0 Å². The average molecular weight is 265 g/mol. The van der Waals surface area contributed by atoms with Gasteiger partial charge in [-0.2, -0.15) is 0 Å². The van der Waals surface area contributed by atoms with Crippen LogP contribution in [0.2, 0.25) is 0 Å². The summed E-state index contributed by atoms with van der Waals surface area (Å²) in [6.07, 6.45) is 1.84. The Morgan fingerprint density at radius 3 is 3.00 bits per heavy atom. The molecule has 0 amide bonds. The number of ether oxygens (including phenoxy) is 1. The molecule has 2 rings (SSSR count). The van der Waals surface area contributed by atoms with Gasteiger partial charge in [-0.3, -0.25) is 4.98 Å². The number of nitrogens with zero attached hydrogens (tertiary/aromatic N) is 1. The van der Waals surface area contributed by atoms with E-state index >= 15 is 0 Å². The lowest BCUT2D eigenvalue weighted by Gasteiger charge is -2.11. The van der Waals surface area contributed by atoms with Crippen molar-refractivity contribution in [3.8, 4) is 0 Å². The Morgan fingerprint density at radius 1 is 1.33 bits per heavy atom. The molecule has 0 saturated heterocycles. The van der Waals surface area contributed by atoms with E-state index in [0.717, 1.165) is 18.6 Å². The van der Waals surface area contributed by atoms with Crippen LogP contribution in [-0.4, -0.2) is 30.6 Å². The predicted molar refractivity (Wildman–Crippen MR) is 75.0 cm³/mol. The van der Waals surface area contributed by atoms with Crippen LogP contribution in [0.1, 0.15) is 5.56 Å². The van der Waals surface area contributed by atoms with Crippen molar-refractivity contribution in [3.63, 3.8) is 0 Å². The van der Waals surface area contributed by atoms with Crippen molar-refractivity contribution in [3.05, 3.63) is 42.1 Å². The molecular formula is C14H17ClN2O. The van der Waals surface area contributed by atoms with Gasteiger partial charge in [-0.25, -0.2) is 0 Å². The number of alkyl halides is 1. The van der Waals surface area contributed by atoms with Gasteiger partial charge in [0.1, 0.15) is 0 Å². The lowest BCUT2D eigenvalue weighted by molar-refractivity contribution is 0.197. The molecule has 0 radical (unpaired) electrons. The fraction of sp³-hybridized carbons (Fsp3) is 0.357. The highest BCUT2D eigenvalue weighted by Gasteiger charge is 2.04. The van der Waals surface area contributed by atoms with Crippen LogP contribution in [0, 0.1) is 0 Å². The summed E-state index contributed by atoms with van der Waals surface area (Å²) >= 11 is 6.07. The first-order valence-electron chi connectivity index (χ1n) is 5.97. The Balaban J connectivity index is 1.99. The maximum atomic E-state index is 6.07. The number of methoxy groups -OCH3 is 1. The van der Waals surface area contributed by atoms with Gasteiger partial charge >= 0.3 is 0 Å². The minimum atomic E-state index is 0.00287. The van der Waals surface area contributed by atoms with E-state index in [-0.39, 0.29) is 5.38 Å². The third kappa shape index (κ3) is 3.42. The van der Waals surface area contributed by atoms with Gasteiger partial charge in [-0.05, 0) is 17.7 Å². The van der Waals surface area contributed by atoms with E-state index in [1.54, 1.807) is 7.11 Å². The van der Waals surface area contributed by atoms with Gasteiger partial charge in [-0.1, -0.05) is 18.2 Å². The van der Waals surface area contributed by atoms with Crippen molar-refractivity contribution >= 4 is 22.5 Å². The van der Waals surface area contributed by atoms with Gasteiger partial charge in [0.25, 0.3) is 0 Å². The van der Waals surface area contributed by atoms with Crippen LogP contribution >= 0.6 is 11.6 Å². The van der Waals surface area contributed by atoms with Crippen LogP contribution in [0.3, 0.4) is 0 Å². The summed E-state index contributed by atoms with van der Waals surface area (Å²) in [5, 5.41) is 4.53. The first-order valence-corrected chi connectivity index (χ1v) is 6.41. The Morgan fingerprint density at radius 2 is 2.17 bits per heavy atom. The fourth-order valence-electron chi connectivity index (χ4n) is 1.91. The maximum absolute atomic E-state index is 6.07. The summed E-state index contributed by atoms with van der Waals surface area (Å²) in [5.41, 5.74) is 2.26. The molecule has 0 aliphatic carbocycles. The molecule has 0 aliphatic heterocycles. The van der Waals surface area contributed by atoms with Gasteiger partial charge in [0.2, 0.25) is 0 Å². The number of benzene rings is 1. The zero-order valence-electron chi connectivity index (χ0n) is 10.4. The van der Waals surface area contributed by atoms with Gasteiger partial charge in [0, 0.05) is 31.8 Å². The third-order valence-corrected chi connectivity index (χ3v) is 3.05. The molecule has 4 heteroatoms. The normalized spacial score (nSPS) is 12.8. The number of pyridine rings is 1. The molecular weight excluding hydrogens is 248 g/mol. The van der Waals surface area contributed by atoms with Crippen molar-refractivity contribution in [2.45, 2.75) is 11.9 Å². The summed E-state index contributed by atoms with van der Waals surface area (Å²) in [5.74, 6) is 0.